The van der Waals surface area contributed by atoms with Crippen LogP contribution in [0.2, 0.25) is 0 Å². The summed E-state index contributed by atoms with van der Waals surface area (Å²) in [7, 11) is 1.58. The average molecular weight is 306 g/mol. The lowest BCUT2D eigenvalue weighted by Crippen LogP contribution is -2.24. The van der Waals surface area contributed by atoms with Crippen molar-refractivity contribution in [2.24, 2.45) is 12.5 Å². The van der Waals surface area contributed by atoms with Crippen LogP contribution in [0, 0.1) is 5.41 Å². The van der Waals surface area contributed by atoms with E-state index in [1.807, 2.05) is 0 Å². The van der Waals surface area contributed by atoms with Crippen LogP contribution in [0.5, 0.6) is 0 Å². The molecule has 0 radical (unpaired) electrons. The highest BCUT2D eigenvalue weighted by atomic mass is 16.4. The van der Waals surface area contributed by atoms with Gasteiger partial charge >= 0.3 is 11.7 Å². The van der Waals surface area contributed by atoms with Crippen molar-refractivity contribution in [1.29, 1.82) is 0 Å². The normalized spacial score (nSPS) is 11.6. The SMILES string of the molecule is Cn1c(=O)oc2ccc(NC(=O)CC(C)(C)CC(=O)O)cc21. The number of carboxylic acid groups (broad SMARTS) is 1. The number of hydrogen-bond donors (Lipinski definition) is 2. The summed E-state index contributed by atoms with van der Waals surface area (Å²) in [5.41, 5.74) is 0.909. The first-order valence-corrected chi connectivity index (χ1v) is 6.79. The number of carbonyl (C=O) groups is 2. The predicted molar refractivity (Wildman–Crippen MR) is 80.7 cm³/mol. The Labute approximate surface area is 126 Å². The molecule has 0 aliphatic heterocycles. The minimum Gasteiger partial charge on any atom is -0.481 e. The van der Waals surface area contributed by atoms with Crippen molar-refractivity contribution in [2.45, 2.75) is 26.7 Å². The maximum absolute atomic E-state index is 12.0. The van der Waals surface area contributed by atoms with Gasteiger partial charge in [-0.25, -0.2) is 4.79 Å². The fourth-order valence-electron chi connectivity index (χ4n) is 2.32. The molecule has 22 heavy (non-hydrogen) atoms. The number of anilines is 1. The van der Waals surface area contributed by atoms with E-state index < -0.39 is 17.1 Å². The third-order valence-corrected chi connectivity index (χ3v) is 3.34. The van der Waals surface area contributed by atoms with Crippen LogP contribution in [-0.4, -0.2) is 21.6 Å². The zero-order valence-electron chi connectivity index (χ0n) is 12.7. The lowest BCUT2D eigenvalue weighted by molar-refractivity contribution is -0.139. The maximum atomic E-state index is 12.0. The molecule has 1 heterocycles. The van der Waals surface area contributed by atoms with E-state index >= 15 is 0 Å². The molecule has 0 atom stereocenters. The highest BCUT2D eigenvalue weighted by molar-refractivity contribution is 5.93. The van der Waals surface area contributed by atoms with Gasteiger partial charge in [0.25, 0.3) is 0 Å². The Morgan fingerprint density at radius 2 is 2.00 bits per heavy atom. The van der Waals surface area contributed by atoms with Crippen molar-refractivity contribution in [3.8, 4) is 0 Å². The second-order valence-electron chi connectivity index (χ2n) is 6.07. The van der Waals surface area contributed by atoms with E-state index in [0.717, 1.165) is 0 Å². The van der Waals surface area contributed by atoms with E-state index in [9.17, 15) is 14.4 Å². The highest BCUT2D eigenvalue weighted by Gasteiger charge is 2.25. The fourth-order valence-corrected chi connectivity index (χ4v) is 2.32. The van der Waals surface area contributed by atoms with Crippen LogP contribution in [-0.2, 0) is 16.6 Å². The third kappa shape index (κ3) is 3.55. The van der Waals surface area contributed by atoms with Gasteiger partial charge in [0.05, 0.1) is 11.9 Å². The molecule has 1 aromatic heterocycles. The standard InChI is InChI=1S/C15H18N2O5/c1-15(2,8-13(19)20)7-12(18)16-9-4-5-11-10(6-9)17(3)14(21)22-11/h4-6H,7-8H2,1-3H3,(H,16,18)(H,19,20). The van der Waals surface area contributed by atoms with Gasteiger partial charge < -0.3 is 14.8 Å². The number of oxazole rings is 1. The van der Waals surface area contributed by atoms with E-state index in [0.29, 0.717) is 16.8 Å². The lowest BCUT2D eigenvalue weighted by atomic mass is 9.85. The largest absolute Gasteiger partial charge is 0.481 e. The van der Waals surface area contributed by atoms with Crippen LogP contribution in [0.25, 0.3) is 11.1 Å². The number of benzene rings is 1. The summed E-state index contributed by atoms with van der Waals surface area (Å²) in [4.78, 5) is 34.2. The molecular weight excluding hydrogens is 288 g/mol. The van der Waals surface area contributed by atoms with Crippen LogP contribution >= 0.6 is 0 Å². The van der Waals surface area contributed by atoms with Crippen LogP contribution in [0.4, 0.5) is 5.69 Å². The molecule has 0 unspecified atom stereocenters. The quantitative estimate of drug-likeness (QED) is 0.879. The smallest absolute Gasteiger partial charge is 0.419 e. The molecular formula is C15H18N2O5. The monoisotopic (exact) mass is 306 g/mol. The maximum Gasteiger partial charge on any atom is 0.419 e. The molecule has 0 aliphatic carbocycles. The summed E-state index contributed by atoms with van der Waals surface area (Å²) in [6.45, 7) is 3.45. The number of rotatable bonds is 5. The number of carbonyl (C=O) groups excluding carboxylic acids is 1. The Hall–Kier alpha value is -2.57. The zero-order chi connectivity index (χ0) is 16.5. The molecule has 0 spiro atoms. The third-order valence-electron chi connectivity index (χ3n) is 3.34. The van der Waals surface area contributed by atoms with Crippen molar-refractivity contribution >= 4 is 28.7 Å². The Balaban J connectivity index is 2.13. The number of nitrogens with zero attached hydrogens (tertiary/aromatic N) is 1. The summed E-state index contributed by atoms with van der Waals surface area (Å²) in [6.07, 6.45) is -0.00264. The molecule has 1 aromatic carbocycles. The van der Waals surface area contributed by atoms with Crippen LogP contribution in [0.15, 0.2) is 27.4 Å². The van der Waals surface area contributed by atoms with Crippen molar-refractivity contribution in [3.05, 3.63) is 28.7 Å². The van der Waals surface area contributed by atoms with E-state index in [2.05, 4.69) is 5.32 Å². The van der Waals surface area contributed by atoms with Crippen LogP contribution < -0.4 is 11.1 Å². The predicted octanol–water partition coefficient (Wildman–Crippen LogP) is 1.96. The van der Waals surface area contributed by atoms with Gasteiger partial charge in [0.1, 0.15) is 0 Å². The minimum atomic E-state index is -0.937. The Morgan fingerprint density at radius 1 is 1.32 bits per heavy atom. The number of fused-ring (bicyclic) bond motifs is 1. The molecule has 2 aromatic rings. The topological polar surface area (TPSA) is 102 Å². The summed E-state index contributed by atoms with van der Waals surface area (Å²) in [6, 6.07) is 4.88. The minimum absolute atomic E-state index is 0.0850. The van der Waals surface area contributed by atoms with Crippen molar-refractivity contribution in [2.75, 3.05) is 5.32 Å². The van der Waals surface area contributed by atoms with Gasteiger partial charge in [0.2, 0.25) is 5.91 Å². The first-order valence-electron chi connectivity index (χ1n) is 6.79. The zero-order valence-corrected chi connectivity index (χ0v) is 12.7. The van der Waals surface area contributed by atoms with Crippen molar-refractivity contribution in [1.82, 2.24) is 4.57 Å². The van der Waals surface area contributed by atoms with E-state index in [1.54, 1.807) is 39.1 Å². The number of aromatic nitrogens is 1. The van der Waals surface area contributed by atoms with E-state index in [1.165, 1.54) is 4.57 Å². The van der Waals surface area contributed by atoms with Crippen LogP contribution in [0.1, 0.15) is 26.7 Å². The Kier molecular flexibility index (Phi) is 4.07. The molecule has 7 nitrogen and oxygen atoms in total. The molecule has 1 amide bonds. The average Bonchev–Trinajstić information content (AvgIpc) is 2.63. The van der Waals surface area contributed by atoms with E-state index in [-0.39, 0.29) is 18.7 Å². The van der Waals surface area contributed by atoms with Crippen molar-refractivity contribution in [3.63, 3.8) is 0 Å². The molecule has 118 valence electrons. The number of hydrogen-bond acceptors (Lipinski definition) is 4. The Morgan fingerprint density at radius 3 is 2.64 bits per heavy atom. The number of aliphatic carboxylic acids is 1. The summed E-state index contributed by atoms with van der Waals surface area (Å²) in [5, 5.41) is 11.5. The lowest BCUT2D eigenvalue weighted by Gasteiger charge is -2.21. The molecule has 0 aliphatic rings. The van der Waals surface area contributed by atoms with Gasteiger partial charge in [-0.3, -0.25) is 14.2 Å². The summed E-state index contributed by atoms with van der Waals surface area (Å²) in [5.74, 6) is -1.69. The summed E-state index contributed by atoms with van der Waals surface area (Å²) >= 11 is 0. The van der Waals surface area contributed by atoms with E-state index in [4.69, 9.17) is 9.52 Å². The molecule has 2 rings (SSSR count). The number of nitrogens with one attached hydrogen (secondary N) is 1. The van der Waals surface area contributed by atoms with Gasteiger partial charge in [0, 0.05) is 19.2 Å². The molecule has 0 saturated heterocycles. The first kappa shape index (κ1) is 15.8. The molecule has 0 fully saturated rings. The van der Waals surface area contributed by atoms with Gasteiger partial charge in [-0.1, -0.05) is 13.8 Å². The molecule has 2 N–H and O–H groups in total. The van der Waals surface area contributed by atoms with Crippen molar-refractivity contribution < 1.29 is 19.1 Å². The Bertz CT molecular complexity index is 785. The summed E-state index contributed by atoms with van der Waals surface area (Å²) < 4.78 is 6.36. The second kappa shape index (κ2) is 5.67. The number of amides is 1. The van der Waals surface area contributed by atoms with Gasteiger partial charge in [0.15, 0.2) is 5.58 Å². The van der Waals surface area contributed by atoms with Gasteiger partial charge in [-0.15, -0.1) is 0 Å². The molecule has 0 saturated carbocycles. The fraction of sp³-hybridized carbons (Fsp3) is 0.400. The van der Waals surface area contributed by atoms with Gasteiger partial charge in [-0.2, -0.15) is 0 Å². The second-order valence-corrected chi connectivity index (χ2v) is 6.07. The number of carboxylic acids is 1. The molecule has 7 heteroatoms. The van der Waals surface area contributed by atoms with Crippen LogP contribution in [0.3, 0.4) is 0 Å². The first-order chi connectivity index (χ1) is 10.2. The highest BCUT2D eigenvalue weighted by Crippen LogP contribution is 2.26. The van der Waals surface area contributed by atoms with Gasteiger partial charge in [-0.05, 0) is 23.6 Å². The molecule has 0 bridgehead atoms. The number of aryl methyl sites for hydroxylation is 1.